The van der Waals surface area contributed by atoms with Crippen molar-refractivity contribution in [2.75, 3.05) is 11.9 Å². The predicted octanol–water partition coefficient (Wildman–Crippen LogP) is 3.74. The second kappa shape index (κ2) is 7.75. The number of nitrogens with zero attached hydrogens (tertiary/aromatic N) is 1. The van der Waals surface area contributed by atoms with Crippen LogP contribution in [-0.2, 0) is 4.79 Å². The molecule has 0 saturated heterocycles. The SMILES string of the molecule is CC(Oc1cccc(Cl)c1)C(=O)N(CCBr)C(C)C. The summed E-state index contributed by atoms with van der Waals surface area (Å²) >= 11 is 9.25. The van der Waals surface area contributed by atoms with Crippen molar-refractivity contribution in [2.45, 2.75) is 32.9 Å². The van der Waals surface area contributed by atoms with Gasteiger partial charge in [0.1, 0.15) is 5.75 Å². The van der Waals surface area contributed by atoms with E-state index in [1.807, 2.05) is 13.8 Å². The Kier molecular flexibility index (Phi) is 6.66. The largest absolute Gasteiger partial charge is 0.481 e. The Hall–Kier alpha value is -0.740. The van der Waals surface area contributed by atoms with Crippen molar-refractivity contribution < 1.29 is 9.53 Å². The van der Waals surface area contributed by atoms with Gasteiger partial charge in [-0.15, -0.1) is 0 Å². The molecule has 1 atom stereocenters. The van der Waals surface area contributed by atoms with Gasteiger partial charge in [-0.2, -0.15) is 0 Å². The lowest BCUT2D eigenvalue weighted by atomic mass is 10.2. The molecule has 1 amide bonds. The fraction of sp³-hybridized carbons (Fsp3) is 0.500. The van der Waals surface area contributed by atoms with E-state index in [-0.39, 0.29) is 11.9 Å². The van der Waals surface area contributed by atoms with E-state index in [0.29, 0.717) is 17.3 Å². The minimum Gasteiger partial charge on any atom is -0.481 e. The highest BCUT2D eigenvalue weighted by atomic mass is 79.9. The van der Waals surface area contributed by atoms with Gasteiger partial charge in [-0.25, -0.2) is 0 Å². The molecule has 0 aromatic heterocycles. The van der Waals surface area contributed by atoms with Crippen LogP contribution in [0.3, 0.4) is 0 Å². The van der Waals surface area contributed by atoms with Gasteiger partial charge in [0.15, 0.2) is 6.10 Å². The summed E-state index contributed by atoms with van der Waals surface area (Å²) in [6.45, 7) is 6.41. The summed E-state index contributed by atoms with van der Waals surface area (Å²) in [6.07, 6.45) is -0.528. The Balaban J connectivity index is 2.70. The van der Waals surface area contributed by atoms with E-state index in [0.717, 1.165) is 5.33 Å². The fourth-order valence-corrected chi connectivity index (χ4v) is 2.30. The first-order chi connectivity index (χ1) is 8.95. The molecule has 0 bridgehead atoms. The zero-order valence-corrected chi connectivity index (χ0v) is 13.7. The van der Waals surface area contributed by atoms with Crippen LogP contribution in [0.25, 0.3) is 0 Å². The number of carbonyl (C=O) groups excluding carboxylic acids is 1. The van der Waals surface area contributed by atoms with Crippen LogP contribution in [0.1, 0.15) is 20.8 Å². The highest BCUT2D eigenvalue weighted by Crippen LogP contribution is 2.19. The molecular weight excluding hydrogens is 330 g/mol. The summed E-state index contributed by atoms with van der Waals surface area (Å²) in [7, 11) is 0. The first kappa shape index (κ1) is 16.3. The Bertz CT molecular complexity index is 426. The van der Waals surface area contributed by atoms with Crippen LogP contribution < -0.4 is 4.74 Å². The molecule has 0 fully saturated rings. The number of amides is 1. The van der Waals surface area contributed by atoms with Crippen LogP contribution >= 0.6 is 27.5 Å². The lowest BCUT2D eigenvalue weighted by Gasteiger charge is -2.29. The molecule has 0 spiro atoms. The minimum atomic E-state index is -0.528. The number of halogens is 2. The van der Waals surface area contributed by atoms with Crippen LogP contribution in [-0.4, -0.2) is 34.8 Å². The summed E-state index contributed by atoms with van der Waals surface area (Å²) in [6, 6.07) is 7.21. The van der Waals surface area contributed by atoms with Crippen LogP contribution in [0, 0.1) is 0 Å². The van der Waals surface area contributed by atoms with Crippen LogP contribution in [0.2, 0.25) is 5.02 Å². The standard InChI is InChI=1S/C14H19BrClNO2/c1-10(2)17(8-7-15)14(18)11(3)19-13-6-4-5-12(16)9-13/h4-6,9-11H,7-8H2,1-3H3. The number of carbonyl (C=O) groups is 1. The molecule has 0 N–H and O–H groups in total. The molecule has 1 unspecified atom stereocenters. The molecule has 0 aliphatic carbocycles. The number of ether oxygens (including phenoxy) is 1. The number of alkyl halides is 1. The highest BCUT2D eigenvalue weighted by Gasteiger charge is 2.23. The Morgan fingerprint density at radius 1 is 1.42 bits per heavy atom. The van der Waals surface area contributed by atoms with Gasteiger partial charge in [0.05, 0.1) is 0 Å². The van der Waals surface area contributed by atoms with Gasteiger partial charge in [-0.3, -0.25) is 4.79 Å². The maximum atomic E-state index is 12.3. The normalized spacial score (nSPS) is 12.3. The first-order valence-corrected chi connectivity index (χ1v) is 7.74. The Morgan fingerprint density at radius 3 is 2.63 bits per heavy atom. The van der Waals surface area contributed by atoms with Gasteiger partial charge in [-0.05, 0) is 39.0 Å². The number of rotatable bonds is 6. The molecule has 0 aliphatic rings. The Labute approximate surface area is 128 Å². The zero-order chi connectivity index (χ0) is 14.4. The van der Waals surface area contributed by atoms with E-state index in [2.05, 4.69) is 15.9 Å². The predicted molar refractivity (Wildman–Crippen MR) is 82.2 cm³/mol. The maximum absolute atomic E-state index is 12.3. The van der Waals surface area contributed by atoms with E-state index in [1.165, 1.54) is 0 Å². The zero-order valence-electron chi connectivity index (χ0n) is 11.4. The first-order valence-electron chi connectivity index (χ1n) is 6.24. The van der Waals surface area contributed by atoms with Crippen molar-refractivity contribution in [3.63, 3.8) is 0 Å². The summed E-state index contributed by atoms with van der Waals surface area (Å²) < 4.78 is 5.64. The molecule has 0 radical (unpaired) electrons. The molecule has 19 heavy (non-hydrogen) atoms. The summed E-state index contributed by atoms with van der Waals surface area (Å²) in [4.78, 5) is 14.1. The summed E-state index contributed by atoms with van der Waals surface area (Å²) in [5.74, 6) is 0.588. The Morgan fingerprint density at radius 2 is 2.11 bits per heavy atom. The van der Waals surface area contributed by atoms with Crippen molar-refractivity contribution >= 4 is 33.4 Å². The highest BCUT2D eigenvalue weighted by molar-refractivity contribution is 9.09. The lowest BCUT2D eigenvalue weighted by Crippen LogP contribution is -2.45. The molecule has 3 nitrogen and oxygen atoms in total. The number of benzene rings is 1. The quantitative estimate of drug-likeness (QED) is 0.733. The van der Waals surface area contributed by atoms with Crippen molar-refractivity contribution in [3.05, 3.63) is 29.3 Å². The molecule has 0 heterocycles. The molecule has 1 aromatic carbocycles. The van der Waals surface area contributed by atoms with Gasteiger partial charge in [0.2, 0.25) is 0 Å². The van der Waals surface area contributed by atoms with Gasteiger partial charge in [-0.1, -0.05) is 33.6 Å². The topological polar surface area (TPSA) is 29.5 Å². The van der Waals surface area contributed by atoms with Gasteiger partial charge in [0, 0.05) is 22.9 Å². The smallest absolute Gasteiger partial charge is 0.263 e. The van der Waals surface area contributed by atoms with E-state index in [1.54, 1.807) is 36.1 Å². The molecule has 106 valence electrons. The van der Waals surface area contributed by atoms with E-state index >= 15 is 0 Å². The second-order valence-electron chi connectivity index (χ2n) is 4.53. The van der Waals surface area contributed by atoms with E-state index in [9.17, 15) is 4.79 Å². The summed E-state index contributed by atoms with van der Waals surface area (Å²) in [5, 5.41) is 1.35. The van der Waals surface area contributed by atoms with Crippen LogP contribution in [0.4, 0.5) is 0 Å². The van der Waals surface area contributed by atoms with E-state index in [4.69, 9.17) is 16.3 Å². The van der Waals surface area contributed by atoms with E-state index < -0.39 is 6.10 Å². The average Bonchev–Trinajstić information content (AvgIpc) is 2.34. The third-order valence-electron chi connectivity index (χ3n) is 2.69. The molecule has 0 saturated carbocycles. The van der Waals surface area contributed by atoms with Crippen molar-refractivity contribution in [2.24, 2.45) is 0 Å². The third-order valence-corrected chi connectivity index (χ3v) is 3.28. The van der Waals surface area contributed by atoms with Crippen LogP contribution in [0.5, 0.6) is 5.75 Å². The minimum absolute atomic E-state index is 0.0191. The lowest BCUT2D eigenvalue weighted by molar-refractivity contribution is -0.139. The average molecular weight is 349 g/mol. The van der Waals surface area contributed by atoms with Gasteiger partial charge in [0.25, 0.3) is 5.91 Å². The maximum Gasteiger partial charge on any atom is 0.263 e. The molecule has 5 heteroatoms. The van der Waals surface area contributed by atoms with Gasteiger partial charge < -0.3 is 9.64 Å². The molecular formula is C14H19BrClNO2. The second-order valence-corrected chi connectivity index (χ2v) is 5.76. The molecule has 0 aliphatic heterocycles. The fourth-order valence-electron chi connectivity index (χ4n) is 1.74. The van der Waals surface area contributed by atoms with Crippen molar-refractivity contribution in [1.29, 1.82) is 0 Å². The van der Waals surface area contributed by atoms with Crippen molar-refractivity contribution in [3.8, 4) is 5.75 Å². The number of hydrogen-bond acceptors (Lipinski definition) is 2. The molecule has 1 rings (SSSR count). The van der Waals surface area contributed by atoms with Crippen molar-refractivity contribution in [1.82, 2.24) is 4.90 Å². The van der Waals surface area contributed by atoms with Gasteiger partial charge >= 0.3 is 0 Å². The van der Waals surface area contributed by atoms with Crippen LogP contribution in [0.15, 0.2) is 24.3 Å². The number of hydrogen-bond donors (Lipinski definition) is 0. The monoisotopic (exact) mass is 347 g/mol. The summed E-state index contributed by atoms with van der Waals surface area (Å²) in [5.41, 5.74) is 0. The molecule has 1 aromatic rings. The third kappa shape index (κ3) is 5.03.